The van der Waals surface area contributed by atoms with Crippen LogP contribution in [-0.2, 0) is 0 Å². The standard InChI is InChI=1S/C19H23N3O3S2/c1-25-13-10-8-12(9-11-13)20-16-15(18(23)24)17(22-19(21-16)26-2)27-14-6-4-3-5-7-14/h8-11,14H,3-7H2,1-2H3,(H,23,24)(H,20,21,22). The maximum atomic E-state index is 12.0. The number of carbonyl (C=O) groups is 1. The van der Waals surface area contributed by atoms with Crippen molar-refractivity contribution in [1.82, 2.24) is 9.97 Å². The average Bonchev–Trinajstić information content (AvgIpc) is 2.68. The van der Waals surface area contributed by atoms with Gasteiger partial charge >= 0.3 is 5.97 Å². The summed E-state index contributed by atoms with van der Waals surface area (Å²) >= 11 is 2.98. The van der Waals surface area contributed by atoms with Gasteiger partial charge in [0.1, 0.15) is 16.3 Å². The number of ether oxygens (including phenoxy) is 1. The minimum absolute atomic E-state index is 0.138. The zero-order valence-electron chi connectivity index (χ0n) is 15.4. The van der Waals surface area contributed by atoms with E-state index in [1.165, 1.54) is 31.0 Å². The fraction of sp³-hybridized carbons (Fsp3) is 0.421. The van der Waals surface area contributed by atoms with Crippen LogP contribution in [0.5, 0.6) is 5.75 Å². The van der Waals surface area contributed by atoms with Gasteiger partial charge in [-0.3, -0.25) is 0 Å². The van der Waals surface area contributed by atoms with Gasteiger partial charge in [0.15, 0.2) is 11.0 Å². The number of nitrogens with one attached hydrogen (secondary N) is 1. The van der Waals surface area contributed by atoms with E-state index in [9.17, 15) is 9.90 Å². The summed E-state index contributed by atoms with van der Waals surface area (Å²) in [4.78, 5) is 20.9. The quantitative estimate of drug-likeness (QED) is 0.375. The Morgan fingerprint density at radius 3 is 2.48 bits per heavy atom. The molecule has 0 atom stereocenters. The van der Waals surface area contributed by atoms with Crippen molar-refractivity contribution in [2.45, 2.75) is 47.5 Å². The minimum atomic E-state index is -1.02. The minimum Gasteiger partial charge on any atom is -0.497 e. The van der Waals surface area contributed by atoms with E-state index in [4.69, 9.17) is 4.74 Å². The van der Waals surface area contributed by atoms with Gasteiger partial charge in [-0.05, 0) is 43.4 Å². The topological polar surface area (TPSA) is 84.3 Å². The largest absolute Gasteiger partial charge is 0.497 e. The summed E-state index contributed by atoms with van der Waals surface area (Å²) in [5, 5.41) is 14.5. The molecule has 0 unspecified atom stereocenters. The maximum absolute atomic E-state index is 12.0. The smallest absolute Gasteiger partial charge is 0.342 e. The number of carboxylic acid groups (broad SMARTS) is 1. The molecule has 144 valence electrons. The van der Waals surface area contributed by atoms with Crippen LogP contribution in [0.4, 0.5) is 11.5 Å². The lowest BCUT2D eigenvalue weighted by molar-refractivity contribution is 0.0692. The van der Waals surface area contributed by atoms with Gasteiger partial charge in [0.05, 0.1) is 7.11 Å². The molecule has 0 saturated heterocycles. The Bertz CT molecular complexity index is 794. The number of carboxylic acids is 1. The Labute approximate surface area is 167 Å². The lowest BCUT2D eigenvalue weighted by Crippen LogP contribution is -2.13. The van der Waals surface area contributed by atoms with E-state index < -0.39 is 5.97 Å². The van der Waals surface area contributed by atoms with Crippen molar-refractivity contribution in [3.63, 3.8) is 0 Å². The van der Waals surface area contributed by atoms with Crippen molar-refractivity contribution in [1.29, 1.82) is 0 Å². The van der Waals surface area contributed by atoms with E-state index in [0.29, 0.717) is 21.3 Å². The first-order valence-electron chi connectivity index (χ1n) is 8.87. The molecule has 1 aromatic heterocycles. The molecule has 0 spiro atoms. The van der Waals surface area contributed by atoms with Crippen LogP contribution in [0, 0.1) is 0 Å². The molecule has 8 heteroatoms. The Morgan fingerprint density at radius 2 is 1.89 bits per heavy atom. The first-order valence-corrected chi connectivity index (χ1v) is 11.0. The van der Waals surface area contributed by atoms with E-state index in [2.05, 4.69) is 15.3 Å². The molecule has 1 heterocycles. The second-order valence-electron chi connectivity index (χ2n) is 6.28. The SMILES string of the molecule is COc1ccc(Nc2nc(SC)nc(SC3CCCCC3)c2C(=O)O)cc1. The molecule has 1 aliphatic carbocycles. The number of methoxy groups -OCH3 is 1. The molecule has 0 amide bonds. The molecule has 0 radical (unpaired) electrons. The van der Waals surface area contributed by atoms with Crippen LogP contribution in [0.2, 0.25) is 0 Å². The normalized spacial score (nSPS) is 14.7. The Hall–Kier alpha value is -1.93. The number of nitrogens with zero attached hydrogens (tertiary/aromatic N) is 2. The van der Waals surface area contributed by atoms with Crippen LogP contribution < -0.4 is 10.1 Å². The maximum Gasteiger partial charge on any atom is 0.342 e. The van der Waals surface area contributed by atoms with Gasteiger partial charge in [-0.15, -0.1) is 11.8 Å². The molecule has 1 aliphatic rings. The highest BCUT2D eigenvalue weighted by atomic mass is 32.2. The van der Waals surface area contributed by atoms with Gasteiger partial charge in [-0.2, -0.15) is 0 Å². The molecule has 1 saturated carbocycles. The third-order valence-electron chi connectivity index (χ3n) is 4.43. The number of hydrogen-bond donors (Lipinski definition) is 2. The van der Waals surface area contributed by atoms with Crippen molar-refractivity contribution in [3.05, 3.63) is 29.8 Å². The number of thioether (sulfide) groups is 2. The van der Waals surface area contributed by atoms with Crippen molar-refractivity contribution in [2.75, 3.05) is 18.7 Å². The lowest BCUT2D eigenvalue weighted by atomic mass is 10.0. The molecule has 3 rings (SSSR count). The predicted molar refractivity (Wildman–Crippen MR) is 110 cm³/mol. The summed E-state index contributed by atoms with van der Waals surface area (Å²) in [6.45, 7) is 0. The molecular formula is C19H23N3O3S2. The lowest BCUT2D eigenvalue weighted by Gasteiger charge is -2.22. The second kappa shape index (κ2) is 9.32. The summed E-state index contributed by atoms with van der Waals surface area (Å²) < 4.78 is 5.17. The van der Waals surface area contributed by atoms with Gasteiger partial charge in [-0.25, -0.2) is 14.8 Å². The molecule has 2 N–H and O–H groups in total. The fourth-order valence-electron chi connectivity index (χ4n) is 3.03. The third-order valence-corrected chi connectivity index (χ3v) is 6.31. The first-order chi connectivity index (χ1) is 13.1. The van der Waals surface area contributed by atoms with Crippen molar-refractivity contribution >= 4 is 41.0 Å². The van der Waals surface area contributed by atoms with Crippen LogP contribution in [0.3, 0.4) is 0 Å². The molecule has 2 aromatic rings. The summed E-state index contributed by atoms with van der Waals surface area (Å²) in [6.07, 6.45) is 7.73. The van der Waals surface area contributed by atoms with Gasteiger partial charge < -0.3 is 15.2 Å². The molecule has 6 nitrogen and oxygen atoms in total. The van der Waals surface area contributed by atoms with Crippen LogP contribution >= 0.6 is 23.5 Å². The molecule has 0 aliphatic heterocycles. The van der Waals surface area contributed by atoms with Crippen LogP contribution in [0.15, 0.2) is 34.4 Å². The van der Waals surface area contributed by atoms with E-state index in [0.717, 1.165) is 24.3 Å². The molecule has 1 aromatic carbocycles. The van der Waals surface area contributed by atoms with E-state index in [-0.39, 0.29) is 5.56 Å². The van der Waals surface area contributed by atoms with E-state index in [1.807, 2.05) is 30.5 Å². The van der Waals surface area contributed by atoms with Gasteiger partial charge in [0.2, 0.25) is 0 Å². The number of hydrogen-bond acceptors (Lipinski definition) is 7. The number of aromatic nitrogens is 2. The Kier molecular flexibility index (Phi) is 6.84. The van der Waals surface area contributed by atoms with Crippen LogP contribution in [0.1, 0.15) is 42.5 Å². The number of aromatic carboxylic acids is 1. The second-order valence-corrected chi connectivity index (χ2v) is 8.34. The molecule has 1 fully saturated rings. The highest BCUT2D eigenvalue weighted by Crippen LogP contribution is 2.37. The number of rotatable bonds is 7. The third kappa shape index (κ3) is 5.07. The van der Waals surface area contributed by atoms with E-state index in [1.54, 1.807) is 18.9 Å². The zero-order valence-corrected chi connectivity index (χ0v) is 17.0. The fourth-order valence-corrected chi connectivity index (χ4v) is 4.78. The number of benzene rings is 1. The summed E-state index contributed by atoms with van der Waals surface area (Å²) in [5.74, 6) is 0.0438. The molecule has 27 heavy (non-hydrogen) atoms. The van der Waals surface area contributed by atoms with Gasteiger partial charge in [-0.1, -0.05) is 31.0 Å². The van der Waals surface area contributed by atoms with Crippen molar-refractivity contribution < 1.29 is 14.6 Å². The summed E-state index contributed by atoms with van der Waals surface area (Å²) in [5.41, 5.74) is 0.886. The zero-order chi connectivity index (χ0) is 19.2. The average molecular weight is 406 g/mol. The molecular weight excluding hydrogens is 382 g/mol. The van der Waals surface area contributed by atoms with E-state index >= 15 is 0 Å². The summed E-state index contributed by atoms with van der Waals surface area (Å²) in [7, 11) is 1.61. The molecule has 0 bridgehead atoms. The van der Waals surface area contributed by atoms with Crippen LogP contribution in [-0.4, -0.2) is 39.7 Å². The highest BCUT2D eigenvalue weighted by molar-refractivity contribution is 8.00. The monoisotopic (exact) mass is 405 g/mol. The Morgan fingerprint density at radius 1 is 1.19 bits per heavy atom. The predicted octanol–water partition coefficient (Wildman–Crippen LogP) is 5.07. The van der Waals surface area contributed by atoms with Gasteiger partial charge in [0.25, 0.3) is 0 Å². The van der Waals surface area contributed by atoms with Gasteiger partial charge in [0, 0.05) is 10.9 Å². The Balaban J connectivity index is 1.94. The van der Waals surface area contributed by atoms with Crippen molar-refractivity contribution in [2.24, 2.45) is 0 Å². The first kappa shape index (κ1) is 19.8. The highest BCUT2D eigenvalue weighted by Gasteiger charge is 2.25. The van der Waals surface area contributed by atoms with Crippen molar-refractivity contribution in [3.8, 4) is 5.75 Å². The number of anilines is 2. The summed E-state index contributed by atoms with van der Waals surface area (Å²) in [6, 6.07) is 7.30. The van der Waals surface area contributed by atoms with Crippen LogP contribution in [0.25, 0.3) is 0 Å².